The zero-order valence-corrected chi connectivity index (χ0v) is 11.2. The lowest BCUT2D eigenvalue weighted by Gasteiger charge is -2.22. The molecule has 0 atom stereocenters. The number of aromatic nitrogens is 1. The Morgan fingerprint density at radius 3 is 2.58 bits per heavy atom. The molecule has 0 unspecified atom stereocenters. The van der Waals surface area contributed by atoms with Crippen LogP contribution in [0.1, 0.15) is 12.5 Å². The van der Waals surface area contributed by atoms with Gasteiger partial charge in [0.25, 0.3) is 0 Å². The number of nitrogens with one attached hydrogen (secondary N) is 1. The maximum atomic E-state index is 13.0. The zero-order chi connectivity index (χ0) is 13.7. The van der Waals surface area contributed by atoms with Crippen molar-refractivity contribution in [2.45, 2.75) is 13.5 Å². The van der Waals surface area contributed by atoms with Gasteiger partial charge in [-0.2, -0.15) is 0 Å². The highest BCUT2D eigenvalue weighted by molar-refractivity contribution is 5.60. The molecule has 100 valence electrons. The van der Waals surface area contributed by atoms with Crippen molar-refractivity contribution in [2.75, 3.05) is 18.5 Å². The van der Waals surface area contributed by atoms with Crippen LogP contribution in [0.4, 0.5) is 15.9 Å². The molecule has 0 saturated carbocycles. The second-order valence-electron chi connectivity index (χ2n) is 4.27. The Kier molecular flexibility index (Phi) is 4.47. The highest BCUT2D eigenvalue weighted by Crippen LogP contribution is 2.23. The highest BCUT2D eigenvalue weighted by Gasteiger charge is 2.09. The summed E-state index contributed by atoms with van der Waals surface area (Å²) in [5.74, 6) is 0.651. The Morgan fingerprint density at radius 2 is 1.95 bits per heavy atom. The van der Waals surface area contributed by atoms with Crippen LogP contribution in [-0.2, 0) is 6.54 Å². The molecule has 4 heteroatoms. The molecule has 0 amide bonds. The molecular formula is C15H18FN3. The Balaban J connectivity index is 2.30. The first-order chi connectivity index (χ1) is 9.24. The average Bonchev–Trinajstić information content (AvgIpc) is 2.43. The van der Waals surface area contributed by atoms with Crippen LogP contribution < -0.4 is 10.2 Å². The van der Waals surface area contributed by atoms with Crippen molar-refractivity contribution in [2.24, 2.45) is 0 Å². The van der Waals surface area contributed by atoms with E-state index in [1.54, 1.807) is 18.3 Å². The largest absolute Gasteiger partial charge is 0.327 e. The number of rotatable bonds is 5. The topological polar surface area (TPSA) is 28.2 Å². The van der Waals surface area contributed by atoms with Gasteiger partial charge in [0.05, 0.1) is 0 Å². The molecule has 1 aromatic carbocycles. The van der Waals surface area contributed by atoms with E-state index in [9.17, 15) is 4.39 Å². The van der Waals surface area contributed by atoms with Gasteiger partial charge in [0, 0.05) is 25.0 Å². The SMILES string of the molecule is CCN(c1ccc(F)cc1)c1cc(CNC)ccn1. The van der Waals surface area contributed by atoms with Gasteiger partial charge in [-0.15, -0.1) is 0 Å². The van der Waals surface area contributed by atoms with Gasteiger partial charge in [-0.1, -0.05) is 0 Å². The van der Waals surface area contributed by atoms with Crippen LogP contribution in [-0.4, -0.2) is 18.6 Å². The first-order valence-corrected chi connectivity index (χ1v) is 6.37. The van der Waals surface area contributed by atoms with E-state index in [0.717, 1.165) is 24.6 Å². The van der Waals surface area contributed by atoms with Crippen LogP contribution in [0.2, 0.25) is 0 Å². The summed E-state index contributed by atoms with van der Waals surface area (Å²) in [6, 6.07) is 10.5. The molecule has 2 aromatic rings. The van der Waals surface area contributed by atoms with Crippen LogP contribution in [0.15, 0.2) is 42.6 Å². The van der Waals surface area contributed by atoms with E-state index < -0.39 is 0 Å². The molecule has 1 N–H and O–H groups in total. The minimum absolute atomic E-state index is 0.225. The van der Waals surface area contributed by atoms with Crippen LogP contribution in [0.5, 0.6) is 0 Å². The van der Waals surface area contributed by atoms with E-state index in [4.69, 9.17) is 0 Å². The van der Waals surface area contributed by atoms with Gasteiger partial charge in [0.15, 0.2) is 0 Å². The number of benzene rings is 1. The molecule has 3 nitrogen and oxygen atoms in total. The summed E-state index contributed by atoms with van der Waals surface area (Å²) < 4.78 is 13.0. The fourth-order valence-corrected chi connectivity index (χ4v) is 2.02. The van der Waals surface area contributed by atoms with Crippen molar-refractivity contribution in [3.8, 4) is 0 Å². The zero-order valence-electron chi connectivity index (χ0n) is 11.2. The summed E-state index contributed by atoms with van der Waals surface area (Å²) in [6.45, 7) is 3.63. The van der Waals surface area contributed by atoms with E-state index in [1.165, 1.54) is 17.7 Å². The Labute approximate surface area is 113 Å². The maximum Gasteiger partial charge on any atom is 0.133 e. The van der Waals surface area contributed by atoms with E-state index in [0.29, 0.717) is 0 Å². The number of halogens is 1. The van der Waals surface area contributed by atoms with Crippen molar-refractivity contribution >= 4 is 11.5 Å². The van der Waals surface area contributed by atoms with E-state index in [-0.39, 0.29) is 5.82 Å². The summed E-state index contributed by atoms with van der Waals surface area (Å²) in [7, 11) is 1.91. The van der Waals surface area contributed by atoms with Crippen LogP contribution in [0.25, 0.3) is 0 Å². The van der Waals surface area contributed by atoms with E-state index in [1.807, 2.05) is 19.2 Å². The number of pyridine rings is 1. The molecule has 0 bridgehead atoms. The second kappa shape index (κ2) is 6.29. The van der Waals surface area contributed by atoms with Gasteiger partial charge in [-0.25, -0.2) is 9.37 Å². The summed E-state index contributed by atoms with van der Waals surface area (Å²) in [4.78, 5) is 6.45. The number of anilines is 2. The summed E-state index contributed by atoms with van der Waals surface area (Å²) in [6.07, 6.45) is 1.80. The first kappa shape index (κ1) is 13.5. The lowest BCUT2D eigenvalue weighted by Crippen LogP contribution is -2.18. The molecule has 1 aromatic heterocycles. The monoisotopic (exact) mass is 259 g/mol. The lowest BCUT2D eigenvalue weighted by atomic mass is 10.2. The van der Waals surface area contributed by atoms with Crippen molar-refractivity contribution in [1.82, 2.24) is 10.3 Å². The van der Waals surface area contributed by atoms with Crippen LogP contribution >= 0.6 is 0 Å². The molecule has 0 aliphatic rings. The predicted molar refractivity (Wildman–Crippen MR) is 76.1 cm³/mol. The number of hydrogen-bond acceptors (Lipinski definition) is 3. The Morgan fingerprint density at radius 1 is 1.21 bits per heavy atom. The van der Waals surface area contributed by atoms with E-state index >= 15 is 0 Å². The van der Waals surface area contributed by atoms with Crippen LogP contribution in [0, 0.1) is 5.82 Å². The number of nitrogens with zero attached hydrogens (tertiary/aromatic N) is 2. The summed E-state index contributed by atoms with van der Waals surface area (Å²) >= 11 is 0. The van der Waals surface area contributed by atoms with E-state index in [2.05, 4.69) is 22.1 Å². The second-order valence-corrected chi connectivity index (χ2v) is 4.27. The molecule has 2 rings (SSSR count). The first-order valence-electron chi connectivity index (χ1n) is 6.37. The Bertz CT molecular complexity index is 525. The molecule has 19 heavy (non-hydrogen) atoms. The third kappa shape index (κ3) is 3.29. The normalized spacial score (nSPS) is 10.5. The smallest absolute Gasteiger partial charge is 0.133 e. The molecule has 0 aliphatic carbocycles. The average molecular weight is 259 g/mol. The molecule has 0 aliphatic heterocycles. The minimum atomic E-state index is -0.225. The number of hydrogen-bond donors (Lipinski definition) is 1. The standard InChI is InChI=1S/C15H18FN3/c1-3-19(14-6-4-13(16)5-7-14)15-10-12(11-17-2)8-9-18-15/h4-10,17H,3,11H2,1-2H3. The third-order valence-electron chi connectivity index (χ3n) is 2.92. The van der Waals surface area contributed by atoms with Gasteiger partial charge >= 0.3 is 0 Å². The van der Waals surface area contributed by atoms with Gasteiger partial charge in [-0.05, 0) is 55.9 Å². The molecular weight excluding hydrogens is 241 g/mol. The van der Waals surface area contributed by atoms with Gasteiger partial charge < -0.3 is 10.2 Å². The molecule has 0 spiro atoms. The fourth-order valence-electron chi connectivity index (χ4n) is 2.02. The van der Waals surface area contributed by atoms with Gasteiger partial charge in [-0.3, -0.25) is 0 Å². The molecule has 1 heterocycles. The quantitative estimate of drug-likeness (QED) is 0.894. The van der Waals surface area contributed by atoms with Crippen molar-refractivity contribution in [3.63, 3.8) is 0 Å². The van der Waals surface area contributed by atoms with Crippen molar-refractivity contribution in [3.05, 3.63) is 54.0 Å². The minimum Gasteiger partial charge on any atom is -0.327 e. The van der Waals surface area contributed by atoms with Crippen molar-refractivity contribution < 1.29 is 4.39 Å². The molecule has 0 saturated heterocycles. The Hall–Kier alpha value is -1.94. The van der Waals surface area contributed by atoms with Gasteiger partial charge in [0.1, 0.15) is 11.6 Å². The van der Waals surface area contributed by atoms with Crippen LogP contribution in [0.3, 0.4) is 0 Å². The van der Waals surface area contributed by atoms with Gasteiger partial charge in [0.2, 0.25) is 0 Å². The molecule has 0 radical (unpaired) electrons. The lowest BCUT2D eigenvalue weighted by molar-refractivity contribution is 0.628. The summed E-state index contributed by atoms with van der Waals surface area (Å²) in [5, 5.41) is 3.12. The third-order valence-corrected chi connectivity index (χ3v) is 2.92. The van der Waals surface area contributed by atoms with Crippen molar-refractivity contribution in [1.29, 1.82) is 0 Å². The summed E-state index contributed by atoms with van der Waals surface area (Å²) in [5.41, 5.74) is 2.12. The molecule has 0 fully saturated rings. The predicted octanol–water partition coefficient (Wildman–Crippen LogP) is 3.10. The highest BCUT2D eigenvalue weighted by atomic mass is 19.1. The maximum absolute atomic E-state index is 13.0. The fraction of sp³-hybridized carbons (Fsp3) is 0.267.